The van der Waals surface area contributed by atoms with Crippen LogP contribution in [0.1, 0.15) is 34.3 Å². The van der Waals surface area contributed by atoms with E-state index in [0.29, 0.717) is 18.8 Å². The summed E-state index contributed by atoms with van der Waals surface area (Å²) >= 11 is 0. The third-order valence-corrected chi connectivity index (χ3v) is 4.94. The van der Waals surface area contributed by atoms with Crippen LogP contribution in [0, 0.1) is 13.8 Å². The topological polar surface area (TPSA) is 58.6 Å². The summed E-state index contributed by atoms with van der Waals surface area (Å²) in [6.07, 6.45) is 0.372. The molecule has 142 valence electrons. The van der Waals surface area contributed by atoms with E-state index in [-0.39, 0.29) is 24.5 Å². The molecule has 0 aliphatic carbocycles. The van der Waals surface area contributed by atoms with Gasteiger partial charge in [0.1, 0.15) is 0 Å². The number of Topliss-reactive ketones (excluding diaryl/α,β-unsaturated/α-hetero) is 1. The number of aryl methyl sites for hydroxylation is 2. The van der Waals surface area contributed by atoms with Gasteiger partial charge >= 0.3 is 0 Å². The van der Waals surface area contributed by atoms with Gasteiger partial charge in [0.2, 0.25) is 5.91 Å². The number of para-hydroxylation sites is 2. The molecule has 1 fully saturated rings. The molecule has 1 aliphatic heterocycles. The molecule has 0 radical (unpaired) electrons. The van der Waals surface area contributed by atoms with E-state index in [1.807, 2.05) is 56.3 Å². The Morgan fingerprint density at radius 2 is 1.74 bits per heavy atom. The van der Waals surface area contributed by atoms with Crippen LogP contribution in [0.2, 0.25) is 0 Å². The Labute approximate surface area is 160 Å². The van der Waals surface area contributed by atoms with Crippen molar-refractivity contribution >= 4 is 23.1 Å². The first kappa shape index (κ1) is 19.1. The van der Waals surface area contributed by atoms with Crippen LogP contribution in [-0.4, -0.2) is 38.0 Å². The van der Waals surface area contributed by atoms with Gasteiger partial charge in [0.15, 0.2) is 5.78 Å². The first-order chi connectivity index (χ1) is 13.0. The lowest BCUT2D eigenvalue weighted by atomic mass is 10.0. The van der Waals surface area contributed by atoms with Crippen LogP contribution in [-0.2, 0) is 9.53 Å². The molecule has 1 saturated heterocycles. The number of carbonyl (C=O) groups is 2. The molecule has 0 aromatic heterocycles. The molecular formula is C22H26N2O3. The number of anilines is 2. The van der Waals surface area contributed by atoms with E-state index in [4.69, 9.17) is 4.74 Å². The first-order valence-corrected chi connectivity index (χ1v) is 9.36. The molecule has 0 unspecified atom stereocenters. The van der Waals surface area contributed by atoms with Gasteiger partial charge < -0.3 is 15.0 Å². The average molecular weight is 366 g/mol. The summed E-state index contributed by atoms with van der Waals surface area (Å²) in [7, 11) is 0. The molecule has 2 aromatic rings. The van der Waals surface area contributed by atoms with Crippen molar-refractivity contribution in [3.63, 3.8) is 0 Å². The molecule has 27 heavy (non-hydrogen) atoms. The SMILES string of the molecule is Cc1ccc(C(=O)CCC(=O)Nc2ccccc2N2CCOCC2)cc1C. The van der Waals surface area contributed by atoms with Crippen molar-refractivity contribution in [2.75, 3.05) is 36.5 Å². The average Bonchev–Trinajstić information content (AvgIpc) is 2.69. The van der Waals surface area contributed by atoms with Gasteiger partial charge in [0, 0.05) is 31.5 Å². The number of hydrogen-bond acceptors (Lipinski definition) is 4. The molecular weight excluding hydrogens is 340 g/mol. The van der Waals surface area contributed by atoms with Gasteiger partial charge in [-0.1, -0.05) is 24.3 Å². The Morgan fingerprint density at radius 1 is 1.00 bits per heavy atom. The van der Waals surface area contributed by atoms with E-state index in [2.05, 4.69) is 10.2 Å². The third-order valence-electron chi connectivity index (χ3n) is 4.94. The predicted octanol–water partition coefficient (Wildman–Crippen LogP) is 3.74. The lowest BCUT2D eigenvalue weighted by Crippen LogP contribution is -2.36. The van der Waals surface area contributed by atoms with Crippen LogP contribution in [0.15, 0.2) is 42.5 Å². The number of carbonyl (C=O) groups excluding carboxylic acids is 2. The van der Waals surface area contributed by atoms with Crippen molar-refractivity contribution in [2.45, 2.75) is 26.7 Å². The molecule has 0 saturated carbocycles. The predicted molar refractivity (Wildman–Crippen MR) is 108 cm³/mol. The molecule has 3 rings (SSSR count). The van der Waals surface area contributed by atoms with E-state index < -0.39 is 0 Å². The van der Waals surface area contributed by atoms with Gasteiger partial charge in [-0.25, -0.2) is 0 Å². The lowest BCUT2D eigenvalue weighted by molar-refractivity contribution is -0.116. The molecule has 1 amide bonds. The Hall–Kier alpha value is -2.66. The largest absolute Gasteiger partial charge is 0.378 e. The van der Waals surface area contributed by atoms with Crippen LogP contribution in [0.4, 0.5) is 11.4 Å². The van der Waals surface area contributed by atoms with Crippen LogP contribution >= 0.6 is 0 Å². The number of amides is 1. The van der Waals surface area contributed by atoms with Gasteiger partial charge in [0.25, 0.3) is 0 Å². The maximum absolute atomic E-state index is 12.4. The highest BCUT2D eigenvalue weighted by Gasteiger charge is 2.16. The molecule has 5 nitrogen and oxygen atoms in total. The Kier molecular flexibility index (Phi) is 6.24. The smallest absolute Gasteiger partial charge is 0.224 e. The minimum absolute atomic E-state index is 0.00489. The molecule has 0 atom stereocenters. The fourth-order valence-corrected chi connectivity index (χ4v) is 3.16. The summed E-state index contributed by atoms with van der Waals surface area (Å²) < 4.78 is 5.40. The second kappa shape index (κ2) is 8.82. The highest BCUT2D eigenvalue weighted by molar-refractivity contribution is 6.01. The van der Waals surface area contributed by atoms with Gasteiger partial charge in [-0.2, -0.15) is 0 Å². The normalized spacial score (nSPS) is 14.1. The lowest BCUT2D eigenvalue weighted by Gasteiger charge is -2.30. The summed E-state index contributed by atoms with van der Waals surface area (Å²) in [4.78, 5) is 27.0. The monoisotopic (exact) mass is 366 g/mol. The molecule has 0 spiro atoms. The molecule has 2 aromatic carbocycles. The van der Waals surface area contributed by atoms with Gasteiger partial charge in [0.05, 0.1) is 24.6 Å². The van der Waals surface area contributed by atoms with E-state index >= 15 is 0 Å². The minimum atomic E-state index is -0.145. The summed E-state index contributed by atoms with van der Waals surface area (Å²) in [5, 5.41) is 2.96. The fourth-order valence-electron chi connectivity index (χ4n) is 3.16. The van der Waals surface area contributed by atoms with E-state index in [9.17, 15) is 9.59 Å². The molecule has 0 bridgehead atoms. The summed E-state index contributed by atoms with van der Waals surface area (Å²) in [6, 6.07) is 13.4. The quantitative estimate of drug-likeness (QED) is 0.791. The van der Waals surface area contributed by atoms with Crippen molar-refractivity contribution in [3.8, 4) is 0 Å². The highest BCUT2D eigenvalue weighted by Crippen LogP contribution is 2.26. The number of nitrogens with one attached hydrogen (secondary N) is 1. The van der Waals surface area contributed by atoms with Crippen LogP contribution < -0.4 is 10.2 Å². The van der Waals surface area contributed by atoms with Crippen molar-refractivity contribution in [2.24, 2.45) is 0 Å². The van der Waals surface area contributed by atoms with Crippen LogP contribution in [0.5, 0.6) is 0 Å². The zero-order valence-corrected chi connectivity index (χ0v) is 16.0. The molecule has 5 heteroatoms. The van der Waals surface area contributed by atoms with Crippen molar-refractivity contribution < 1.29 is 14.3 Å². The maximum atomic E-state index is 12.4. The number of nitrogens with zero attached hydrogens (tertiary/aromatic N) is 1. The van der Waals surface area contributed by atoms with Gasteiger partial charge in [-0.3, -0.25) is 9.59 Å². The maximum Gasteiger partial charge on any atom is 0.224 e. The zero-order chi connectivity index (χ0) is 19.2. The minimum Gasteiger partial charge on any atom is -0.378 e. The number of rotatable bonds is 6. The van der Waals surface area contributed by atoms with E-state index in [1.165, 1.54) is 0 Å². The standard InChI is InChI=1S/C22H26N2O3/c1-16-7-8-18(15-17(16)2)21(25)9-10-22(26)23-19-5-3-4-6-20(19)24-11-13-27-14-12-24/h3-8,15H,9-14H2,1-2H3,(H,23,26). The van der Waals surface area contributed by atoms with Crippen LogP contribution in [0.25, 0.3) is 0 Å². The van der Waals surface area contributed by atoms with Gasteiger partial charge in [-0.15, -0.1) is 0 Å². The Morgan fingerprint density at radius 3 is 2.48 bits per heavy atom. The zero-order valence-electron chi connectivity index (χ0n) is 16.0. The third kappa shape index (κ3) is 4.95. The van der Waals surface area contributed by atoms with Crippen molar-refractivity contribution in [1.82, 2.24) is 0 Å². The summed E-state index contributed by atoms with van der Waals surface area (Å²) in [6.45, 7) is 6.99. The van der Waals surface area contributed by atoms with Crippen molar-refractivity contribution in [3.05, 3.63) is 59.2 Å². The fraction of sp³-hybridized carbons (Fsp3) is 0.364. The Balaban J connectivity index is 1.59. The van der Waals surface area contributed by atoms with Gasteiger partial charge in [-0.05, 0) is 43.2 Å². The Bertz CT molecular complexity index is 826. The van der Waals surface area contributed by atoms with E-state index in [1.54, 1.807) is 0 Å². The van der Waals surface area contributed by atoms with Crippen LogP contribution in [0.3, 0.4) is 0 Å². The summed E-state index contributed by atoms with van der Waals surface area (Å²) in [5.74, 6) is -0.150. The molecule has 1 N–H and O–H groups in total. The number of ether oxygens (including phenoxy) is 1. The number of benzene rings is 2. The number of morpholine rings is 1. The van der Waals surface area contributed by atoms with E-state index in [0.717, 1.165) is 35.6 Å². The number of hydrogen-bond donors (Lipinski definition) is 1. The van der Waals surface area contributed by atoms with Crippen molar-refractivity contribution in [1.29, 1.82) is 0 Å². The second-order valence-corrected chi connectivity index (χ2v) is 6.89. The second-order valence-electron chi connectivity index (χ2n) is 6.89. The summed E-state index contributed by atoms with van der Waals surface area (Å²) in [5.41, 5.74) is 4.69. The molecule has 1 heterocycles. The molecule has 1 aliphatic rings. The number of ketones is 1. The highest BCUT2D eigenvalue weighted by atomic mass is 16.5. The first-order valence-electron chi connectivity index (χ1n) is 9.36.